The summed E-state index contributed by atoms with van der Waals surface area (Å²) in [5.74, 6) is -0.310. The van der Waals surface area contributed by atoms with Crippen LogP contribution in [0, 0.1) is 0 Å². The summed E-state index contributed by atoms with van der Waals surface area (Å²) in [6, 6.07) is 18.5. The predicted molar refractivity (Wildman–Crippen MR) is 127 cm³/mol. The molecule has 7 heteroatoms. The highest BCUT2D eigenvalue weighted by Gasteiger charge is 2.46. The molecule has 34 heavy (non-hydrogen) atoms. The van der Waals surface area contributed by atoms with Gasteiger partial charge in [-0.2, -0.15) is 0 Å². The van der Waals surface area contributed by atoms with Crippen LogP contribution in [-0.2, 0) is 16.1 Å². The number of aliphatic hydroxyl groups is 1. The highest BCUT2D eigenvalue weighted by molar-refractivity contribution is 6.46. The number of ketones is 1. The van der Waals surface area contributed by atoms with E-state index in [1.165, 1.54) is 4.90 Å². The second-order valence-corrected chi connectivity index (χ2v) is 7.90. The number of nitrogens with zero attached hydrogens (tertiary/aromatic N) is 2. The summed E-state index contributed by atoms with van der Waals surface area (Å²) in [6.07, 6.45) is 2.48. The van der Waals surface area contributed by atoms with Crippen molar-refractivity contribution in [2.24, 2.45) is 0 Å². The van der Waals surface area contributed by atoms with Gasteiger partial charge in [0.2, 0.25) is 0 Å². The number of ether oxygens (including phenoxy) is 2. The molecule has 1 aliphatic rings. The lowest BCUT2D eigenvalue weighted by atomic mass is 9.98. The van der Waals surface area contributed by atoms with Crippen LogP contribution in [-0.4, -0.2) is 40.4 Å². The Hall–Kier alpha value is -4.13. The number of aliphatic hydroxyl groups excluding tert-OH is 1. The molecule has 1 aromatic heterocycles. The number of carbonyl (C=O) groups is 2. The summed E-state index contributed by atoms with van der Waals surface area (Å²) in [5, 5.41) is 11.2. The Bertz CT molecular complexity index is 1190. The van der Waals surface area contributed by atoms with Crippen LogP contribution in [0.15, 0.2) is 78.5 Å². The molecule has 0 radical (unpaired) electrons. The molecule has 1 saturated heterocycles. The Morgan fingerprint density at radius 2 is 1.71 bits per heavy atom. The molecule has 1 unspecified atom stereocenters. The molecule has 2 heterocycles. The molecule has 1 aliphatic heterocycles. The van der Waals surface area contributed by atoms with Gasteiger partial charge in [0.25, 0.3) is 11.7 Å². The molecule has 1 amide bonds. The van der Waals surface area contributed by atoms with E-state index >= 15 is 0 Å². The zero-order valence-electron chi connectivity index (χ0n) is 19.1. The summed E-state index contributed by atoms with van der Waals surface area (Å²) in [7, 11) is 1.58. The van der Waals surface area contributed by atoms with Crippen LogP contribution < -0.4 is 9.47 Å². The van der Waals surface area contributed by atoms with Gasteiger partial charge < -0.3 is 19.5 Å². The van der Waals surface area contributed by atoms with Gasteiger partial charge >= 0.3 is 0 Å². The lowest BCUT2D eigenvalue weighted by molar-refractivity contribution is -0.140. The number of aromatic nitrogens is 1. The van der Waals surface area contributed by atoms with Gasteiger partial charge in [-0.1, -0.05) is 25.1 Å². The van der Waals surface area contributed by atoms with E-state index in [0.717, 1.165) is 12.0 Å². The van der Waals surface area contributed by atoms with E-state index in [1.54, 1.807) is 67.9 Å². The van der Waals surface area contributed by atoms with E-state index in [9.17, 15) is 14.7 Å². The van der Waals surface area contributed by atoms with E-state index in [0.29, 0.717) is 29.4 Å². The maximum Gasteiger partial charge on any atom is 0.296 e. The first-order valence-corrected chi connectivity index (χ1v) is 11.1. The van der Waals surface area contributed by atoms with E-state index in [4.69, 9.17) is 9.47 Å². The van der Waals surface area contributed by atoms with E-state index in [1.807, 2.05) is 19.1 Å². The number of amides is 1. The highest BCUT2D eigenvalue weighted by Crippen LogP contribution is 2.39. The van der Waals surface area contributed by atoms with Gasteiger partial charge in [-0.05, 0) is 60.5 Å². The Morgan fingerprint density at radius 3 is 2.32 bits per heavy atom. The van der Waals surface area contributed by atoms with Crippen molar-refractivity contribution in [3.63, 3.8) is 0 Å². The quantitative estimate of drug-likeness (QED) is 0.304. The molecule has 174 valence electrons. The molecule has 2 aromatic carbocycles. The standard InChI is InChI=1S/C27H26N2O5/c1-3-16-34-21-13-9-19(10-14-21)25(30)23-24(22-6-4-5-15-28-22)29(27(32)26(23)31)17-18-7-11-20(33-2)12-8-18/h4-15,24,30H,3,16-17H2,1-2H3/b25-23-. The van der Waals surface area contributed by atoms with Crippen LogP contribution in [0.5, 0.6) is 11.5 Å². The molecule has 0 spiro atoms. The minimum Gasteiger partial charge on any atom is -0.507 e. The van der Waals surface area contributed by atoms with Crippen molar-refractivity contribution in [1.29, 1.82) is 0 Å². The minimum atomic E-state index is -0.820. The fourth-order valence-electron chi connectivity index (χ4n) is 3.90. The number of likely N-dealkylation sites (tertiary alicyclic amines) is 1. The van der Waals surface area contributed by atoms with Gasteiger partial charge in [-0.25, -0.2) is 0 Å². The largest absolute Gasteiger partial charge is 0.507 e. The SMILES string of the molecule is CCCOc1ccc(/C(O)=C2/C(=O)C(=O)N(Cc3ccc(OC)cc3)C2c2ccccn2)cc1. The number of rotatable bonds is 8. The lowest BCUT2D eigenvalue weighted by Crippen LogP contribution is -2.29. The molecule has 1 N–H and O–H groups in total. The third-order valence-electron chi connectivity index (χ3n) is 5.62. The molecular formula is C27H26N2O5. The van der Waals surface area contributed by atoms with Gasteiger partial charge in [0, 0.05) is 18.3 Å². The van der Waals surface area contributed by atoms with Crippen LogP contribution in [0.25, 0.3) is 5.76 Å². The first kappa shape index (κ1) is 23.0. The first-order valence-electron chi connectivity index (χ1n) is 11.1. The lowest BCUT2D eigenvalue weighted by Gasteiger charge is -2.24. The fourth-order valence-corrected chi connectivity index (χ4v) is 3.90. The average molecular weight is 459 g/mol. The predicted octanol–water partition coefficient (Wildman–Crippen LogP) is 4.50. The minimum absolute atomic E-state index is 0.0134. The monoisotopic (exact) mass is 458 g/mol. The Balaban J connectivity index is 1.74. The van der Waals surface area contributed by atoms with Crippen molar-refractivity contribution in [1.82, 2.24) is 9.88 Å². The van der Waals surface area contributed by atoms with Crippen molar-refractivity contribution in [2.45, 2.75) is 25.9 Å². The Labute approximate surface area is 198 Å². The molecule has 1 fully saturated rings. The number of benzene rings is 2. The molecule has 3 aromatic rings. The van der Waals surface area contributed by atoms with Gasteiger partial charge in [-0.3, -0.25) is 14.6 Å². The molecule has 1 atom stereocenters. The fraction of sp³-hybridized carbons (Fsp3) is 0.222. The summed E-state index contributed by atoms with van der Waals surface area (Å²) < 4.78 is 10.8. The van der Waals surface area contributed by atoms with Crippen molar-refractivity contribution >= 4 is 17.4 Å². The maximum atomic E-state index is 13.1. The summed E-state index contributed by atoms with van der Waals surface area (Å²) in [5.41, 5.74) is 1.76. The maximum absolute atomic E-state index is 13.1. The van der Waals surface area contributed by atoms with Crippen LogP contribution >= 0.6 is 0 Å². The third-order valence-corrected chi connectivity index (χ3v) is 5.62. The summed E-state index contributed by atoms with van der Waals surface area (Å²) >= 11 is 0. The van der Waals surface area contributed by atoms with E-state index in [-0.39, 0.29) is 17.9 Å². The topological polar surface area (TPSA) is 89.0 Å². The zero-order valence-corrected chi connectivity index (χ0v) is 19.1. The molecule has 0 saturated carbocycles. The third kappa shape index (κ3) is 4.64. The average Bonchev–Trinajstić information content (AvgIpc) is 3.13. The second-order valence-electron chi connectivity index (χ2n) is 7.90. The van der Waals surface area contributed by atoms with Gasteiger partial charge in [-0.15, -0.1) is 0 Å². The molecule has 7 nitrogen and oxygen atoms in total. The van der Waals surface area contributed by atoms with Gasteiger partial charge in [0.05, 0.1) is 25.0 Å². The van der Waals surface area contributed by atoms with Crippen molar-refractivity contribution in [2.75, 3.05) is 13.7 Å². The highest BCUT2D eigenvalue weighted by atomic mass is 16.5. The summed E-state index contributed by atoms with van der Waals surface area (Å²) in [4.78, 5) is 32.1. The Morgan fingerprint density at radius 1 is 1.00 bits per heavy atom. The number of carbonyl (C=O) groups excluding carboxylic acids is 2. The van der Waals surface area contributed by atoms with Gasteiger partial charge in [0.15, 0.2) is 0 Å². The molecular weight excluding hydrogens is 432 g/mol. The van der Waals surface area contributed by atoms with Crippen LogP contribution in [0.4, 0.5) is 0 Å². The first-order chi connectivity index (χ1) is 16.5. The zero-order chi connectivity index (χ0) is 24.1. The van der Waals surface area contributed by atoms with Crippen LogP contribution in [0.3, 0.4) is 0 Å². The Kier molecular flexibility index (Phi) is 6.92. The molecule has 0 bridgehead atoms. The van der Waals surface area contributed by atoms with Crippen LogP contribution in [0.1, 0.15) is 36.2 Å². The number of methoxy groups -OCH3 is 1. The van der Waals surface area contributed by atoms with Crippen molar-refractivity contribution < 1.29 is 24.2 Å². The van der Waals surface area contributed by atoms with Gasteiger partial charge in [0.1, 0.15) is 23.3 Å². The molecule has 4 rings (SSSR count). The van der Waals surface area contributed by atoms with E-state index in [2.05, 4.69) is 4.98 Å². The van der Waals surface area contributed by atoms with Crippen molar-refractivity contribution in [3.8, 4) is 11.5 Å². The normalized spacial score (nSPS) is 17.1. The summed E-state index contributed by atoms with van der Waals surface area (Å²) in [6.45, 7) is 2.78. The number of hydrogen-bond donors (Lipinski definition) is 1. The molecule has 0 aliphatic carbocycles. The smallest absolute Gasteiger partial charge is 0.296 e. The second kappa shape index (κ2) is 10.2. The number of hydrogen-bond acceptors (Lipinski definition) is 6. The van der Waals surface area contributed by atoms with E-state index < -0.39 is 17.7 Å². The van der Waals surface area contributed by atoms with Crippen LogP contribution in [0.2, 0.25) is 0 Å². The number of Topliss-reactive ketones (excluding diaryl/α,β-unsaturated/α-hetero) is 1. The number of pyridine rings is 1. The van der Waals surface area contributed by atoms with Crippen molar-refractivity contribution in [3.05, 3.63) is 95.3 Å².